The summed E-state index contributed by atoms with van der Waals surface area (Å²) < 4.78 is 33.9. The van der Waals surface area contributed by atoms with Gasteiger partial charge in [-0.2, -0.15) is 18.3 Å². The first-order chi connectivity index (χ1) is 15.2. The summed E-state index contributed by atoms with van der Waals surface area (Å²) in [6, 6.07) is 6.12. The number of rotatable bonds is 5. The lowest BCUT2D eigenvalue weighted by molar-refractivity contribution is -0.156. The lowest BCUT2D eigenvalue weighted by Crippen LogP contribution is -2.20. The van der Waals surface area contributed by atoms with Crippen LogP contribution in [0.15, 0.2) is 29.2 Å². The van der Waals surface area contributed by atoms with Gasteiger partial charge in [0.15, 0.2) is 5.52 Å². The molecule has 0 saturated carbocycles. The number of alkyl halides is 4. The Kier molecular flexibility index (Phi) is 8.11. The van der Waals surface area contributed by atoms with Crippen molar-refractivity contribution < 1.29 is 18.0 Å². The van der Waals surface area contributed by atoms with Crippen molar-refractivity contribution in [3.8, 4) is 0 Å². The first kappa shape index (κ1) is 24.5. The van der Waals surface area contributed by atoms with Gasteiger partial charge in [0.05, 0.1) is 12.2 Å². The van der Waals surface area contributed by atoms with Gasteiger partial charge in [-0.25, -0.2) is 4.98 Å². The van der Waals surface area contributed by atoms with E-state index in [1.807, 2.05) is 12.1 Å². The molecule has 1 unspecified atom stereocenters. The number of aldehydes is 1. The lowest BCUT2D eigenvalue weighted by atomic mass is 10.1. The third-order valence-corrected chi connectivity index (χ3v) is 5.87. The van der Waals surface area contributed by atoms with E-state index in [1.54, 1.807) is 10.9 Å². The Morgan fingerprint density at radius 3 is 2.75 bits per heavy atom. The van der Waals surface area contributed by atoms with E-state index in [0.717, 1.165) is 40.1 Å². The molecule has 1 aliphatic heterocycles. The molecule has 32 heavy (non-hydrogen) atoms. The van der Waals surface area contributed by atoms with Crippen molar-refractivity contribution in [2.45, 2.75) is 29.6 Å². The van der Waals surface area contributed by atoms with Crippen LogP contribution in [-0.2, 0) is 15.8 Å². The van der Waals surface area contributed by atoms with E-state index in [1.165, 1.54) is 0 Å². The summed E-state index contributed by atoms with van der Waals surface area (Å²) in [7, 11) is 0. The smallest absolute Gasteiger partial charge is 0.352 e. The molecule has 2 aromatic heterocycles. The molecular weight excluding hydrogens is 564 g/mol. The molecule has 0 bridgehead atoms. The van der Waals surface area contributed by atoms with Gasteiger partial charge in [-0.3, -0.25) is 19.3 Å². The number of anilines is 1. The van der Waals surface area contributed by atoms with Crippen LogP contribution in [0.4, 0.5) is 19.1 Å². The van der Waals surface area contributed by atoms with E-state index in [4.69, 9.17) is 16.4 Å². The molecule has 3 aromatic rings. The van der Waals surface area contributed by atoms with Gasteiger partial charge in [0.1, 0.15) is 5.52 Å². The molecule has 1 fully saturated rings. The number of fused-ring (bicyclic) bond motifs is 1. The Balaban J connectivity index is 0.000000427. The Morgan fingerprint density at radius 2 is 2.12 bits per heavy atom. The van der Waals surface area contributed by atoms with Gasteiger partial charge in [-0.1, -0.05) is 46.3 Å². The molecule has 1 aliphatic rings. The number of benzene rings is 1. The molecule has 3 N–H and O–H groups in total. The van der Waals surface area contributed by atoms with Gasteiger partial charge in [0.25, 0.3) is 5.56 Å². The fourth-order valence-electron chi connectivity index (χ4n) is 3.21. The highest BCUT2D eigenvalue weighted by atomic mass is 127. The maximum atomic E-state index is 12.6. The summed E-state index contributed by atoms with van der Waals surface area (Å²) in [6.07, 6.45) is -3.08. The molecule has 1 saturated heterocycles. The number of carbonyl (C=O) groups is 1. The molecule has 3 heterocycles. The number of aromatic nitrogens is 4. The van der Waals surface area contributed by atoms with Crippen molar-refractivity contribution in [1.29, 1.82) is 0 Å². The minimum Gasteiger partial charge on any atom is -0.352 e. The third-order valence-electron chi connectivity index (χ3n) is 4.68. The van der Waals surface area contributed by atoms with Gasteiger partial charge in [-0.15, -0.1) is 0 Å². The van der Waals surface area contributed by atoms with E-state index in [0.29, 0.717) is 23.5 Å². The van der Waals surface area contributed by atoms with E-state index in [9.17, 15) is 18.0 Å². The van der Waals surface area contributed by atoms with Gasteiger partial charge in [0.2, 0.25) is 12.2 Å². The first-order valence-electron chi connectivity index (χ1n) is 9.50. The first-order valence-corrected chi connectivity index (χ1v) is 11.4. The quantitative estimate of drug-likeness (QED) is 0.241. The zero-order valence-electron chi connectivity index (χ0n) is 16.5. The molecule has 13 heteroatoms. The summed E-state index contributed by atoms with van der Waals surface area (Å²) >= 11 is 8.45. The number of hydrogen-bond donors (Lipinski definition) is 3. The molecule has 0 radical (unpaired) electrons. The predicted molar refractivity (Wildman–Crippen MR) is 123 cm³/mol. The van der Waals surface area contributed by atoms with Crippen LogP contribution in [-0.4, -0.2) is 45.3 Å². The van der Waals surface area contributed by atoms with Crippen LogP contribution in [0, 0.1) is 0 Å². The fourth-order valence-corrected chi connectivity index (χ4v) is 4.25. The van der Waals surface area contributed by atoms with Crippen molar-refractivity contribution in [2.24, 2.45) is 0 Å². The Hall–Kier alpha value is -2.19. The molecule has 8 nitrogen and oxygen atoms in total. The molecule has 0 amide bonds. The van der Waals surface area contributed by atoms with Crippen LogP contribution in [0.25, 0.3) is 11.0 Å². The largest absolute Gasteiger partial charge is 0.446 e. The van der Waals surface area contributed by atoms with Crippen LogP contribution in [0.1, 0.15) is 23.6 Å². The van der Waals surface area contributed by atoms with Gasteiger partial charge in [-0.05, 0) is 30.2 Å². The monoisotopic (exact) mass is 582 g/mol. The fraction of sp³-hybridized carbons (Fsp3) is 0.368. The van der Waals surface area contributed by atoms with Crippen LogP contribution < -0.4 is 16.2 Å². The van der Waals surface area contributed by atoms with Crippen molar-refractivity contribution in [1.82, 2.24) is 25.1 Å². The number of H-pyrrole nitrogens is 1. The van der Waals surface area contributed by atoms with E-state index >= 15 is 0 Å². The van der Waals surface area contributed by atoms with Crippen molar-refractivity contribution in [3.63, 3.8) is 0 Å². The second-order valence-electron chi connectivity index (χ2n) is 6.96. The highest BCUT2D eigenvalue weighted by molar-refractivity contribution is 14.1. The maximum Gasteiger partial charge on any atom is 0.446 e. The van der Waals surface area contributed by atoms with Gasteiger partial charge < -0.3 is 10.6 Å². The second-order valence-corrected chi connectivity index (χ2v) is 8.13. The zero-order valence-corrected chi connectivity index (χ0v) is 19.5. The standard InChI is InChI=1S/C17H18ClIN6O.C2HF3O/c18-13-2-1-10(5-11(13)6-19)7-21-17-23-14-9-22-25(12-3-4-20-8-12)15(14)16(26)24-17;3-2(4,5)1-6/h1-2,5,9,12,20H,3-4,6-8H2,(H2,21,23,24,26);1H. The maximum absolute atomic E-state index is 12.6. The topological polar surface area (TPSA) is 105 Å². The Morgan fingerprint density at radius 1 is 1.38 bits per heavy atom. The highest BCUT2D eigenvalue weighted by Crippen LogP contribution is 2.21. The summed E-state index contributed by atoms with van der Waals surface area (Å²) in [4.78, 5) is 28.6. The second kappa shape index (κ2) is 10.6. The minimum absolute atomic E-state index is 0.175. The predicted octanol–water partition coefficient (Wildman–Crippen LogP) is 3.60. The molecule has 0 spiro atoms. The van der Waals surface area contributed by atoms with Gasteiger partial charge in [0, 0.05) is 22.5 Å². The summed E-state index contributed by atoms with van der Waals surface area (Å²) in [5.41, 5.74) is 3.13. The molecule has 172 valence electrons. The van der Waals surface area contributed by atoms with Crippen LogP contribution in [0.5, 0.6) is 0 Å². The van der Waals surface area contributed by atoms with Crippen LogP contribution in [0.2, 0.25) is 5.02 Å². The van der Waals surface area contributed by atoms with Crippen molar-refractivity contribution >= 4 is 57.5 Å². The van der Waals surface area contributed by atoms with E-state index in [-0.39, 0.29) is 11.6 Å². The van der Waals surface area contributed by atoms with Crippen LogP contribution >= 0.6 is 34.2 Å². The van der Waals surface area contributed by atoms with Crippen LogP contribution in [0.3, 0.4) is 0 Å². The number of hydrogen-bond acceptors (Lipinski definition) is 6. The normalized spacial score (nSPS) is 16.0. The van der Waals surface area contributed by atoms with E-state index < -0.39 is 12.5 Å². The molecule has 0 aliphatic carbocycles. The van der Waals surface area contributed by atoms with E-state index in [2.05, 4.69) is 54.4 Å². The third kappa shape index (κ3) is 6.19. The lowest BCUT2D eigenvalue weighted by Gasteiger charge is -2.10. The average Bonchev–Trinajstić information content (AvgIpc) is 3.43. The number of halogens is 5. The highest BCUT2D eigenvalue weighted by Gasteiger charge is 2.25. The molecule has 1 atom stereocenters. The number of carbonyl (C=O) groups excluding carboxylic acids is 1. The van der Waals surface area contributed by atoms with Crippen molar-refractivity contribution in [2.75, 3.05) is 18.4 Å². The average molecular weight is 583 g/mol. The minimum atomic E-state index is -4.64. The summed E-state index contributed by atoms with van der Waals surface area (Å²) in [5, 5.41) is 11.6. The number of nitrogens with zero attached hydrogens (tertiary/aromatic N) is 3. The Labute approximate surface area is 199 Å². The molecular formula is C19H19ClF3IN6O2. The number of aromatic amines is 1. The molecule has 4 rings (SSSR count). The zero-order chi connectivity index (χ0) is 23.3. The number of nitrogens with one attached hydrogen (secondary N) is 3. The summed E-state index contributed by atoms with van der Waals surface area (Å²) in [5.74, 6) is 0.442. The summed E-state index contributed by atoms with van der Waals surface area (Å²) in [6.45, 7) is 2.32. The van der Waals surface area contributed by atoms with Gasteiger partial charge >= 0.3 is 6.18 Å². The molecule has 1 aromatic carbocycles. The van der Waals surface area contributed by atoms with Crippen molar-refractivity contribution in [3.05, 3.63) is 50.9 Å². The Bertz CT molecular complexity index is 1140. The SMILES string of the molecule is O=CC(F)(F)F.O=c1[nH]c(NCc2ccc(Cl)c(CI)c2)nc2cnn(C3CCNC3)c12.